The number of hydrogen-bond donors (Lipinski definition) is 0. The van der Waals surface area contributed by atoms with Crippen LogP contribution >= 0.6 is 0 Å². The third kappa shape index (κ3) is 4.83. The van der Waals surface area contributed by atoms with Crippen LogP contribution in [0.25, 0.3) is 0 Å². The zero-order valence-electron chi connectivity index (χ0n) is 11.0. The van der Waals surface area contributed by atoms with E-state index in [4.69, 9.17) is 0 Å². The predicted octanol–water partition coefficient (Wildman–Crippen LogP) is 5.15. The lowest BCUT2D eigenvalue weighted by atomic mass is 9.97. The topological polar surface area (TPSA) is 0 Å². The average molecular weight is 218 g/mol. The number of aryl methyl sites for hydroxylation is 2. The van der Waals surface area contributed by atoms with E-state index in [0.29, 0.717) is 0 Å². The summed E-state index contributed by atoms with van der Waals surface area (Å²) in [7, 11) is 0. The molecule has 0 N–H and O–H groups in total. The van der Waals surface area contributed by atoms with Crippen LogP contribution in [-0.4, -0.2) is 0 Å². The molecule has 0 spiro atoms. The Morgan fingerprint density at radius 3 is 1.81 bits per heavy atom. The Labute approximate surface area is 101 Å². The number of rotatable bonds is 8. The summed E-state index contributed by atoms with van der Waals surface area (Å²) in [6.45, 7) is 4.54. The average Bonchev–Trinajstić information content (AvgIpc) is 2.33. The minimum absolute atomic E-state index is 1.26. The van der Waals surface area contributed by atoms with Crippen molar-refractivity contribution in [3.8, 4) is 0 Å². The van der Waals surface area contributed by atoms with E-state index >= 15 is 0 Å². The SMILES string of the molecule is CCCCCCc1ccccc1CCCC. The highest BCUT2D eigenvalue weighted by molar-refractivity contribution is 5.27. The molecule has 0 fully saturated rings. The molecule has 0 saturated heterocycles. The molecule has 0 saturated carbocycles. The predicted molar refractivity (Wildman–Crippen MR) is 72.9 cm³/mol. The Balaban J connectivity index is 2.43. The molecule has 1 rings (SSSR count). The maximum absolute atomic E-state index is 2.32. The summed E-state index contributed by atoms with van der Waals surface area (Å²) in [5.74, 6) is 0. The van der Waals surface area contributed by atoms with Crippen molar-refractivity contribution in [2.24, 2.45) is 0 Å². The molecular formula is C16H26. The van der Waals surface area contributed by atoms with E-state index in [0.717, 1.165) is 0 Å². The number of benzene rings is 1. The summed E-state index contributed by atoms with van der Waals surface area (Å²) in [4.78, 5) is 0. The van der Waals surface area contributed by atoms with E-state index in [1.165, 1.54) is 51.4 Å². The van der Waals surface area contributed by atoms with Gasteiger partial charge in [-0.05, 0) is 36.8 Å². The first kappa shape index (κ1) is 13.3. The van der Waals surface area contributed by atoms with Crippen molar-refractivity contribution >= 4 is 0 Å². The quantitative estimate of drug-likeness (QED) is 0.529. The van der Waals surface area contributed by atoms with Crippen LogP contribution in [0, 0.1) is 0 Å². The van der Waals surface area contributed by atoms with Crippen LogP contribution in [0.2, 0.25) is 0 Å². The molecule has 0 aliphatic carbocycles. The second-order valence-corrected chi connectivity index (χ2v) is 4.68. The molecular weight excluding hydrogens is 192 g/mol. The van der Waals surface area contributed by atoms with Gasteiger partial charge in [-0.15, -0.1) is 0 Å². The molecule has 0 amide bonds. The van der Waals surface area contributed by atoms with E-state index in [9.17, 15) is 0 Å². The highest BCUT2D eigenvalue weighted by Crippen LogP contribution is 2.15. The molecule has 0 bridgehead atoms. The Bertz CT molecular complexity index is 275. The van der Waals surface area contributed by atoms with Gasteiger partial charge >= 0.3 is 0 Å². The molecule has 0 heteroatoms. The minimum atomic E-state index is 1.26. The number of unbranched alkanes of at least 4 members (excludes halogenated alkanes) is 4. The molecule has 1 aromatic rings. The van der Waals surface area contributed by atoms with Gasteiger partial charge in [0.2, 0.25) is 0 Å². The summed E-state index contributed by atoms with van der Waals surface area (Å²) < 4.78 is 0. The van der Waals surface area contributed by atoms with E-state index < -0.39 is 0 Å². The van der Waals surface area contributed by atoms with Gasteiger partial charge in [-0.2, -0.15) is 0 Å². The van der Waals surface area contributed by atoms with Crippen LogP contribution in [-0.2, 0) is 12.8 Å². The Morgan fingerprint density at radius 2 is 1.25 bits per heavy atom. The van der Waals surface area contributed by atoms with Gasteiger partial charge in [0.05, 0.1) is 0 Å². The Morgan fingerprint density at radius 1 is 0.688 bits per heavy atom. The fourth-order valence-corrected chi connectivity index (χ4v) is 2.15. The monoisotopic (exact) mass is 218 g/mol. The van der Waals surface area contributed by atoms with Crippen LogP contribution in [0.4, 0.5) is 0 Å². The maximum Gasteiger partial charge on any atom is -0.0276 e. The van der Waals surface area contributed by atoms with E-state index in [2.05, 4.69) is 38.1 Å². The molecule has 90 valence electrons. The highest BCUT2D eigenvalue weighted by Gasteiger charge is 2.00. The van der Waals surface area contributed by atoms with Crippen molar-refractivity contribution in [3.05, 3.63) is 35.4 Å². The zero-order chi connectivity index (χ0) is 11.6. The summed E-state index contributed by atoms with van der Waals surface area (Å²) in [5.41, 5.74) is 3.17. The van der Waals surface area contributed by atoms with Gasteiger partial charge in [-0.25, -0.2) is 0 Å². The van der Waals surface area contributed by atoms with Crippen LogP contribution < -0.4 is 0 Å². The first-order valence-corrected chi connectivity index (χ1v) is 6.95. The van der Waals surface area contributed by atoms with Crippen LogP contribution in [0.15, 0.2) is 24.3 Å². The first-order chi connectivity index (χ1) is 7.88. The molecule has 0 aromatic heterocycles. The standard InChI is InChI=1S/C16H26/c1-3-5-7-8-12-16-14-10-9-13-15(16)11-6-4-2/h9-10,13-14H,3-8,11-12H2,1-2H3. The largest absolute Gasteiger partial charge is 0.0654 e. The Hall–Kier alpha value is -0.780. The molecule has 1 aromatic carbocycles. The van der Waals surface area contributed by atoms with Gasteiger partial charge in [0.15, 0.2) is 0 Å². The number of hydrogen-bond acceptors (Lipinski definition) is 0. The fourth-order valence-electron chi connectivity index (χ4n) is 2.15. The van der Waals surface area contributed by atoms with Crippen molar-refractivity contribution in [1.29, 1.82) is 0 Å². The highest BCUT2D eigenvalue weighted by atomic mass is 14.1. The molecule has 0 aliphatic heterocycles. The van der Waals surface area contributed by atoms with Crippen LogP contribution in [0.1, 0.15) is 63.5 Å². The molecule has 0 nitrogen and oxygen atoms in total. The minimum Gasteiger partial charge on any atom is -0.0654 e. The van der Waals surface area contributed by atoms with Crippen molar-refractivity contribution in [1.82, 2.24) is 0 Å². The second-order valence-electron chi connectivity index (χ2n) is 4.68. The van der Waals surface area contributed by atoms with Crippen LogP contribution in [0.5, 0.6) is 0 Å². The first-order valence-electron chi connectivity index (χ1n) is 6.95. The van der Waals surface area contributed by atoms with Crippen molar-refractivity contribution in [3.63, 3.8) is 0 Å². The van der Waals surface area contributed by atoms with Crippen LogP contribution in [0.3, 0.4) is 0 Å². The van der Waals surface area contributed by atoms with Gasteiger partial charge in [0.25, 0.3) is 0 Å². The van der Waals surface area contributed by atoms with Crippen molar-refractivity contribution in [2.75, 3.05) is 0 Å². The second kappa shape index (κ2) is 8.38. The van der Waals surface area contributed by atoms with Gasteiger partial charge < -0.3 is 0 Å². The molecule has 0 unspecified atom stereocenters. The lowest BCUT2D eigenvalue weighted by molar-refractivity contribution is 0.662. The van der Waals surface area contributed by atoms with E-state index in [1.54, 1.807) is 11.1 Å². The molecule has 16 heavy (non-hydrogen) atoms. The van der Waals surface area contributed by atoms with Gasteiger partial charge in [0.1, 0.15) is 0 Å². The fraction of sp³-hybridized carbons (Fsp3) is 0.625. The summed E-state index contributed by atoms with van der Waals surface area (Å²) in [5, 5.41) is 0. The third-order valence-electron chi connectivity index (χ3n) is 3.22. The molecule has 0 atom stereocenters. The normalized spacial score (nSPS) is 10.6. The lowest BCUT2D eigenvalue weighted by Crippen LogP contribution is -1.94. The zero-order valence-corrected chi connectivity index (χ0v) is 11.0. The van der Waals surface area contributed by atoms with Gasteiger partial charge in [-0.3, -0.25) is 0 Å². The molecule has 0 radical (unpaired) electrons. The lowest BCUT2D eigenvalue weighted by Gasteiger charge is -2.08. The summed E-state index contributed by atoms with van der Waals surface area (Å²) in [6, 6.07) is 8.99. The van der Waals surface area contributed by atoms with E-state index in [-0.39, 0.29) is 0 Å². The van der Waals surface area contributed by atoms with Crippen molar-refractivity contribution in [2.45, 2.75) is 65.2 Å². The smallest absolute Gasteiger partial charge is 0.0276 e. The molecule has 0 heterocycles. The van der Waals surface area contributed by atoms with Gasteiger partial charge in [-0.1, -0.05) is 63.8 Å². The van der Waals surface area contributed by atoms with Crippen molar-refractivity contribution < 1.29 is 0 Å². The van der Waals surface area contributed by atoms with E-state index in [1.807, 2.05) is 0 Å². The van der Waals surface area contributed by atoms with Gasteiger partial charge in [0, 0.05) is 0 Å². The molecule has 0 aliphatic rings. The summed E-state index contributed by atoms with van der Waals surface area (Å²) in [6.07, 6.45) is 10.6. The maximum atomic E-state index is 2.32. The third-order valence-corrected chi connectivity index (χ3v) is 3.22. The Kier molecular flexibility index (Phi) is 6.96. The summed E-state index contributed by atoms with van der Waals surface area (Å²) >= 11 is 0.